The number of hydrogen-bond acceptors (Lipinski definition) is 4. The molecule has 0 aromatic carbocycles. The lowest BCUT2D eigenvalue weighted by Gasteiger charge is -2.27. The summed E-state index contributed by atoms with van der Waals surface area (Å²) in [5, 5.41) is 11.5. The van der Waals surface area contributed by atoms with Crippen LogP contribution in [0.3, 0.4) is 0 Å². The van der Waals surface area contributed by atoms with Crippen LogP contribution >= 0.6 is 0 Å². The maximum Gasteiger partial charge on any atom is 0.401 e. The Hall–Kier alpha value is -1.83. The summed E-state index contributed by atoms with van der Waals surface area (Å²) in [5.74, 6) is -0.226. The molecule has 112 valence electrons. The topological polar surface area (TPSA) is 74.7 Å². The molecule has 0 unspecified atom stereocenters. The van der Waals surface area contributed by atoms with Crippen molar-refractivity contribution in [3.63, 3.8) is 0 Å². The van der Waals surface area contributed by atoms with E-state index >= 15 is 0 Å². The highest BCUT2D eigenvalue weighted by atomic mass is 19.4. The Kier molecular flexibility index (Phi) is 5.32. The number of nitrogens with zero attached hydrogens (tertiary/aromatic N) is 3. The molecule has 5 nitrogen and oxygen atoms in total. The Balaban J connectivity index is 3.00. The molecule has 1 aromatic rings. The van der Waals surface area contributed by atoms with Crippen molar-refractivity contribution in [2.24, 2.45) is 10.9 Å². The number of alkyl halides is 3. The maximum atomic E-state index is 12.5. The van der Waals surface area contributed by atoms with Gasteiger partial charge in [-0.1, -0.05) is 11.2 Å². The summed E-state index contributed by atoms with van der Waals surface area (Å²) >= 11 is 0. The van der Waals surface area contributed by atoms with Gasteiger partial charge >= 0.3 is 6.18 Å². The first kappa shape index (κ1) is 16.2. The van der Waals surface area contributed by atoms with Gasteiger partial charge in [-0.25, -0.2) is 0 Å². The molecule has 20 heavy (non-hydrogen) atoms. The lowest BCUT2D eigenvalue weighted by molar-refractivity contribution is -0.150. The Morgan fingerprint density at radius 3 is 2.65 bits per heavy atom. The average molecular weight is 290 g/mol. The summed E-state index contributed by atoms with van der Waals surface area (Å²) in [6, 6.07) is 2.89. The van der Waals surface area contributed by atoms with E-state index in [9.17, 15) is 13.2 Å². The van der Waals surface area contributed by atoms with Crippen LogP contribution in [-0.2, 0) is 6.54 Å². The Morgan fingerprint density at radius 1 is 1.50 bits per heavy atom. The summed E-state index contributed by atoms with van der Waals surface area (Å²) < 4.78 is 37.6. The Morgan fingerprint density at radius 2 is 2.15 bits per heavy atom. The molecule has 1 heterocycles. The van der Waals surface area contributed by atoms with Gasteiger partial charge in [0.2, 0.25) is 0 Å². The van der Waals surface area contributed by atoms with E-state index in [0.29, 0.717) is 5.56 Å². The summed E-state index contributed by atoms with van der Waals surface area (Å²) in [4.78, 5) is 5.18. The molecule has 0 saturated carbocycles. The van der Waals surface area contributed by atoms with Crippen molar-refractivity contribution in [2.75, 3.05) is 6.54 Å². The molecule has 0 saturated heterocycles. The van der Waals surface area contributed by atoms with Crippen molar-refractivity contribution >= 4 is 5.84 Å². The van der Waals surface area contributed by atoms with Crippen LogP contribution in [0.5, 0.6) is 0 Å². The molecule has 1 aromatic heterocycles. The molecule has 1 rings (SSSR count). The molecule has 0 amide bonds. The SMILES string of the molecule is CC(C)N(Cc1cccnc1C(N)=NO)CC(F)(F)F. The van der Waals surface area contributed by atoms with Crippen LogP contribution in [0.15, 0.2) is 23.5 Å². The molecule has 0 radical (unpaired) electrons. The summed E-state index contributed by atoms with van der Waals surface area (Å²) in [7, 11) is 0. The highest BCUT2D eigenvalue weighted by Gasteiger charge is 2.32. The number of nitrogens with two attached hydrogens (primary N) is 1. The zero-order chi connectivity index (χ0) is 15.3. The van der Waals surface area contributed by atoms with E-state index in [2.05, 4.69) is 10.1 Å². The minimum Gasteiger partial charge on any atom is -0.409 e. The standard InChI is InChI=1S/C12H17F3N4O/c1-8(2)19(7-12(13,14)15)6-9-4-3-5-17-10(9)11(16)18-20/h3-5,8,20H,6-7H2,1-2H3,(H2,16,18). The van der Waals surface area contributed by atoms with E-state index in [1.165, 1.54) is 11.1 Å². The lowest BCUT2D eigenvalue weighted by atomic mass is 10.1. The Bertz CT molecular complexity index is 474. The zero-order valence-corrected chi connectivity index (χ0v) is 11.2. The van der Waals surface area contributed by atoms with Gasteiger partial charge in [0.25, 0.3) is 0 Å². The second kappa shape index (κ2) is 6.56. The molecule has 0 aliphatic carbocycles. The summed E-state index contributed by atoms with van der Waals surface area (Å²) in [6.07, 6.45) is -2.86. The van der Waals surface area contributed by atoms with Crippen LogP contribution in [0.25, 0.3) is 0 Å². The van der Waals surface area contributed by atoms with E-state index in [4.69, 9.17) is 10.9 Å². The zero-order valence-electron chi connectivity index (χ0n) is 11.2. The fraction of sp³-hybridized carbons (Fsp3) is 0.500. The molecule has 0 aliphatic heterocycles. The summed E-state index contributed by atoms with van der Waals surface area (Å²) in [5.41, 5.74) is 6.13. The van der Waals surface area contributed by atoms with Gasteiger partial charge in [0.05, 0.1) is 6.54 Å². The van der Waals surface area contributed by atoms with Crippen LogP contribution in [0.1, 0.15) is 25.1 Å². The van der Waals surface area contributed by atoms with E-state index in [1.807, 2.05) is 0 Å². The normalized spacial score (nSPS) is 13.2. The van der Waals surface area contributed by atoms with Gasteiger partial charge in [-0.3, -0.25) is 9.88 Å². The molecular weight excluding hydrogens is 273 g/mol. The van der Waals surface area contributed by atoms with E-state index in [1.54, 1.807) is 26.0 Å². The van der Waals surface area contributed by atoms with Crippen LogP contribution in [0, 0.1) is 0 Å². The number of amidine groups is 1. The first-order valence-corrected chi connectivity index (χ1v) is 5.97. The molecule has 0 atom stereocenters. The second-order valence-corrected chi connectivity index (χ2v) is 4.61. The minimum absolute atomic E-state index is 0.0105. The molecule has 8 heteroatoms. The smallest absolute Gasteiger partial charge is 0.401 e. The van der Waals surface area contributed by atoms with Crippen LogP contribution < -0.4 is 5.73 Å². The third-order valence-electron chi connectivity index (χ3n) is 2.73. The maximum absolute atomic E-state index is 12.5. The van der Waals surface area contributed by atoms with Crippen molar-refractivity contribution in [3.05, 3.63) is 29.6 Å². The molecule has 3 N–H and O–H groups in total. The van der Waals surface area contributed by atoms with Gasteiger partial charge < -0.3 is 10.9 Å². The fourth-order valence-electron chi connectivity index (χ4n) is 1.71. The molecule has 0 spiro atoms. The molecule has 0 bridgehead atoms. The first-order chi connectivity index (χ1) is 9.24. The fourth-order valence-corrected chi connectivity index (χ4v) is 1.71. The van der Waals surface area contributed by atoms with Crippen molar-refractivity contribution in [1.82, 2.24) is 9.88 Å². The number of halogens is 3. The van der Waals surface area contributed by atoms with Gasteiger partial charge in [0.1, 0.15) is 5.69 Å². The van der Waals surface area contributed by atoms with Gasteiger partial charge in [-0.2, -0.15) is 13.2 Å². The van der Waals surface area contributed by atoms with Crippen molar-refractivity contribution < 1.29 is 18.4 Å². The van der Waals surface area contributed by atoms with Crippen molar-refractivity contribution in [1.29, 1.82) is 0 Å². The highest BCUT2D eigenvalue weighted by molar-refractivity contribution is 5.96. The molecule has 0 aliphatic rings. The largest absolute Gasteiger partial charge is 0.409 e. The lowest BCUT2D eigenvalue weighted by Crippen LogP contribution is -2.39. The highest BCUT2D eigenvalue weighted by Crippen LogP contribution is 2.20. The summed E-state index contributed by atoms with van der Waals surface area (Å²) in [6.45, 7) is 2.32. The van der Waals surface area contributed by atoms with Crippen molar-refractivity contribution in [2.45, 2.75) is 32.6 Å². The minimum atomic E-state index is -4.29. The third kappa shape index (κ3) is 4.69. The first-order valence-electron chi connectivity index (χ1n) is 5.97. The van der Waals surface area contributed by atoms with Crippen LogP contribution in [0.4, 0.5) is 13.2 Å². The number of hydrogen-bond donors (Lipinski definition) is 2. The van der Waals surface area contributed by atoms with E-state index in [0.717, 1.165) is 0 Å². The molecular formula is C12H17F3N4O. The van der Waals surface area contributed by atoms with Crippen molar-refractivity contribution in [3.8, 4) is 0 Å². The second-order valence-electron chi connectivity index (χ2n) is 4.61. The van der Waals surface area contributed by atoms with Gasteiger partial charge in [0, 0.05) is 18.8 Å². The van der Waals surface area contributed by atoms with E-state index < -0.39 is 12.7 Å². The van der Waals surface area contributed by atoms with Gasteiger partial charge in [-0.05, 0) is 25.5 Å². The average Bonchev–Trinajstić information content (AvgIpc) is 2.36. The molecule has 0 fully saturated rings. The third-order valence-corrected chi connectivity index (χ3v) is 2.73. The predicted molar refractivity (Wildman–Crippen MR) is 68.3 cm³/mol. The van der Waals surface area contributed by atoms with E-state index in [-0.39, 0.29) is 24.1 Å². The number of oxime groups is 1. The quantitative estimate of drug-likeness (QED) is 0.376. The number of pyridine rings is 1. The van der Waals surface area contributed by atoms with Crippen LogP contribution in [0.2, 0.25) is 0 Å². The van der Waals surface area contributed by atoms with Gasteiger partial charge in [0.15, 0.2) is 5.84 Å². The van der Waals surface area contributed by atoms with Gasteiger partial charge in [-0.15, -0.1) is 0 Å². The van der Waals surface area contributed by atoms with Crippen LogP contribution in [-0.4, -0.2) is 39.7 Å². The predicted octanol–water partition coefficient (Wildman–Crippen LogP) is 1.95. The monoisotopic (exact) mass is 290 g/mol. The number of rotatable bonds is 5. The Labute approximate surface area is 114 Å². The number of aromatic nitrogens is 1.